The molecule has 0 saturated carbocycles. The first-order valence-corrected chi connectivity index (χ1v) is 8.61. The number of aryl methyl sites for hydroxylation is 1. The maximum atomic E-state index is 12.5. The standard InChI is InChI=1S/C18H23N5O/c1-21-11-9-20-17(21)13-22-10-6-16-15(22)2-3-18(24)23(16)12-14-4-7-19-8-5-14/h4-5,7-9,11,15-16H,2-3,6,10,12-13H2,1H3/t15-,16-/m1/s1. The number of fused-ring (bicyclic) bond motifs is 1. The molecule has 0 bridgehead atoms. The van der Waals surface area contributed by atoms with Crippen LogP contribution in [0.2, 0.25) is 0 Å². The van der Waals surface area contributed by atoms with Gasteiger partial charge >= 0.3 is 0 Å². The van der Waals surface area contributed by atoms with Gasteiger partial charge in [-0.1, -0.05) is 0 Å². The van der Waals surface area contributed by atoms with Crippen LogP contribution in [0.1, 0.15) is 30.7 Å². The number of pyridine rings is 1. The number of aromatic nitrogens is 3. The van der Waals surface area contributed by atoms with Crippen LogP contribution in [0.15, 0.2) is 36.9 Å². The summed E-state index contributed by atoms with van der Waals surface area (Å²) in [5.41, 5.74) is 1.15. The molecule has 6 nitrogen and oxygen atoms in total. The maximum Gasteiger partial charge on any atom is 0.223 e. The minimum Gasteiger partial charge on any atom is -0.337 e. The number of carbonyl (C=O) groups excluding carboxylic acids is 1. The van der Waals surface area contributed by atoms with E-state index in [9.17, 15) is 4.79 Å². The quantitative estimate of drug-likeness (QED) is 0.856. The van der Waals surface area contributed by atoms with E-state index < -0.39 is 0 Å². The molecule has 0 spiro atoms. The summed E-state index contributed by atoms with van der Waals surface area (Å²) in [4.78, 5) is 25.6. The van der Waals surface area contributed by atoms with Gasteiger partial charge in [-0.15, -0.1) is 0 Å². The molecular formula is C18H23N5O. The number of piperidine rings is 1. The lowest BCUT2D eigenvalue weighted by Gasteiger charge is -2.40. The lowest BCUT2D eigenvalue weighted by molar-refractivity contribution is -0.138. The largest absolute Gasteiger partial charge is 0.337 e. The highest BCUT2D eigenvalue weighted by Crippen LogP contribution is 2.33. The molecule has 4 rings (SSSR count). The van der Waals surface area contributed by atoms with Gasteiger partial charge in [0.15, 0.2) is 0 Å². The fraction of sp³-hybridized carbons (Fsp3) is 0.500. The van der Waals surface area contributed by atoms with Crippen molar-refractivity contribution in [2.24, 2.45) is 7.05 Å². The fourth-order valence-corrected chi connectivity index (χ4v) is 4.06. The summed E-state index contributed by atoms with van der Waals surface area (Å²) in [6, 6.07) is 4.76. The second-order valence-corrected chi connectivity index (χ2v) is 6.76. The Labute approximate surface area is 142 Å². The van der Waals surface area contributed by atoms with Crippen LogP contribution < -0.4 is 0 Å². The Morgan fingerprint density at radius 3 is 2.71 bits per heavy atom. The number of rotatable bonds is 4. The number of hydrogen-bond donors (Lipinski definition) is 0. The Balaban J connectivity index is 1.50. The zero-order chi connectivity index (χ0) is 16.5. The van der Waals surface area contributed by atoms with Crippen LogP contribution in [0.25, 0.3) is 0 Å². The van der Waals surface area contributed by atoms with Crippen LogP contribution in [-0.2, 0) is 24.9 Å². The Morgan fingerprint density at radius 1 is 1.12 bits per heavy atom. The first-order chi connectivity index (χ1) is 11.7. The normalized spacial score (nSPS) is 24.4. The summed E-state index contributed by atoms with van der Waals surface area (Å²) < 4.78 is 2.08. The van der Waals surface area contributed by atoms with Gasteiger partial charge in [0.1, 0.15) is 5.82 Å². The van der Waals surface area contributed by atoms with Crippen molar-refractivity contribution >= 4 is 5.91 Å². The Bertz CT molecular complexity index is 713. The van der Waals surface area contributed by atoms with Crippen molar-refractivity contribution in [1.82, 2.24) is 24.3 Å². The Morgan fingerprint density at radius 2 is 1.96 bits per heavy atom. The van der Waals surface area contributed by atoms with E-state index in [2.05, 4.69) is 24.3 Å². The van der Waals surface area contributed by atoms with Crippen molar-refractivity contribution in [2.75, 3.05) is 6.54 Å². The van der Waals surface area contributed by atoms with Crippen LogP contribution in [0.3, 0.4) is 0 Å². The van der Waals surface area contributed by atoms with Crippen LogP contribution >= 0.6 is 0 Å². The van der Waals surface area contributed by atoms with E-state index in [0.717, 1.165) is 37.3 Å². The predicted octanol–water partition coefficient (Wildman–Crippen LogP) is 1.58. The van der Waals surface area contributed by atoms with Gasteiger partial charge in [-0.05, 0) is 30.5 Å². The van der Waals surface area contributed by atoms with Gasteiger partial charge in [-0.3, -0.25) is 14.7 Å². The smallest absolute Gasteiger partial charge is 0.223 e. The number of imidazole rings is 1. The molecule has 0 aliphatic carbocycles. The molecule has 1 amide bonds. The van der Waals surface area contributed by atoms with E-state index >= 15 is 0 Å². The average molecular weight is 325 g/mol. The highest BCUT2D eigenvalue weighted by molar-refractivity contribution is 5.77. The lowest BCUT2D eigenvalue weighted by atomic mass is 9.95. The van der Waals surface area contributed by atoms with Crippen molar-refractivity contribution < 1.29 is 4.79 Å². The van der Waals surface area contributed by atoms with Crippen LogP contribution in [0.4, 0.5) is 0 Å². The maximum absolute atomic E-state index is 12.5. The first kappa shape index (κ1) is 15.3. The van der Waals surface area contributed by atoms with Gasteiger partial charge in [-0.2, -0.15) is 0 Å². The lowest BCUT2D eigenvalue weighted by Crippen LogP contribution is -2.51. The molecule has 0 aromatic carbocycles. The predicted molar refractivity (Wildman–Crippen MR) is 89.8 cm³/mol. The van der Waals surface area contributed by atoms with E-state index in [0.29, 0.717) is 25.0 Å². The molecule has 0 radical (unpaired) electrons. The Kier molecular flexibility index (Phi) is 4.06. The minimum absolute atomic E-state index is 0.284. The van der Waals surface area contributed by atoms with Gasteiger partial charge in [0.05, 0.1) is 6.54 Å². The topological polar surface area (TPSA) is 54.3 Å². The Hall–Kier alpha value is -2.21. The van der Waals surface area contributed by atoms with Crippen LogP contribution in [-0.4, -0.2) is 48.9 Å². The highest BCUT2D eigenvalue weighted by atomic mass is 16.2. The molecule has 0 N–H and O–H groups in total. The third kappa shape index (κ3) is 2.82. The minimum atomic E-state index is 0.284. The van der Waals surface area contributed by atoms with E-state index in [1.54, 1.807) is 12.4 Å². The summed E-state index contributed by atoms with van der Waals surface area (Å²) in [5, 5.41) is 0. The fourth-order valence-electron chi connectivity index (χ4n) is 4.06. The SMILES string of the molecule is Cn1ccnc1CN1CC[C@@H]2[C@H]1CCC(=O)N2Cc1ccncc1. The number of carbonyl (C=O) groups is 1. The van der Waals surface area contributed by atoms with Gasteiger partial charge < -0.3 is 9.47 Å². The number of amides is 1. The molecule has 2 saturated heterocycles. The van der Waals surface area contributed by atoms with Gasteiger partial charge in [0.2, 0.25) is 5.91 Å². The van der Waals surface area contributed by atoms with Gasteiger partial charge in [0, 0.05) is 63.4 Å². The number of nitrogens with zero attached hydrogens (tertiary/aromatic N) is 5. The summed E-state index contributed by atoms with van der Waals surface area (Å²) in [7, 11) is 2.04. The molecule has 2 atom stereocenters. The van der Waals surface area contributed by atoms with Crippen LogP contribution in [0.5, 0.6) is 0 Å². The zero-order valence-electron chi connectivity index (χ0n) is 14.0. The molecule has 2 aliphatic rings. The molecule has 2 fully saturated rings. The van der Waals surface area contributed by atoms with Crippen molar-refractivity contribution in [3.05, 3.63) is 48.3 Å². The van der Waals surface area contributed by atoms with E-state index in [4.69, 9.17) is 0 Å². The molecular weight excluding hydrogens is 302 g/mol. The zero-order valence-corrected chi connectivity index (χ0v) is 14.0. The summed E-state index contributed by atoms with van der Waals surface area (Å²) >= 11 is 0. The summed E-state index contributed by atoms with van der Waals surface area (Å²) in [6.45, 7) is 2.59. The van der Waals surface area contributed by atoms with E-state index in [1.165, 1.54) is 0 Å². The van der Waals surface area contributed by atoms with Crippen molar-refractivity contribution in [3.63, 3.8) is 0 Å². The van der Waals surface area contributed by atoms with Gasteiger partial charge in [-0.25, -0.2) is 4.98 Å². The molecule has 2 aromatic rings. The van der Waals surface area contributed by atoms with E-state index in [-0.39, 0.29) is 5.91 Å². The summed E-state index contributed by atoms with van der Waals surface area (Å²) in [6.07, 6.45) is 10.1. The molecule has 4 heterocycles. The third-order valence-corrected chi connectivity index (χ3v) is 5.37. The van der Waals surface area contributed by atoms with Gasteiger partial charge in [0.25, 0.3) is 0 Å². The average Bonchev–Trinajstić information content (AvgIpc) is 3.19. The monoisotopic (exact) mass is 325 g/mol. The highest BCUT2D eigenvalue weighted by Gasteiger charge is 2.43. The number of hydrogen-bond acceptors (Lipinski definition) is 4. The van der Waals surface area contributed by atoms with Crippen LogP contribution in [0, 0.1) is 0 Å². The molecule has 2 aliphatic heterocycles. The molecule has 0 unspecified atom stereocenters. The summed E-state index contributed by atoms with van der Waals surface area (Å²) in [5.74, 6) is 1.38. The molecule has 126 valence electrons. The third-order valence-electron chi connectivity index (χ3n) is 5.37. The van der Waals surface area contributed by atoms with Crippen molar-refractivity contribution in [1.29, 1.82) is 0 Å². The van der Waals surface area contributed by atoms with Crippen molar-refractivity contribution in [3.8, 4) is 0 Å². The second-order valence-electron chi connectivity index (χ2n) is 6.76. The molecule has 2 aromatic heterocycles. The first-order valence-electron chi connectivity index (χ1n) is 8.61. The molecule has 24 heavy (non-hydrogen) atoms. The number of likely N-dealkylation sites (tertiary alicyclic amines) is 2. The van der Waals surface area contributed by atoms with Crippen molar-refractivity contribution in [2.45, 2.75) is 44.4 Å². The second kappa shape index (κ2) is 6.36. The van der Waals surface area contributed by atoms with E-state index in [1.807, 2.05) is 31.6 Å². The molecule has 6 heteroatoms.